The Kier molecular flexibility index (Phi) is 63.3. The van der Waals surface area contributed by atoms with Crippen LogP contribution in [0, 0.1) is 0 Å². The molecule has 452 valence electrons. The molecular formula is C73H124O6. The smallest absolute Gasteiger partial charge is 0.306 e. The first-order valence-electron chi connectivity index (χ1n) is 33.4. The number of carbonyl (C=O) groups is 3. The van der Waals surface area contributed by atoms with Gasteiger partial charge in [0.15, 0.2) is 6.10 Å². The minimum atomic E-state index is -0.799. The van der Waals surface area contributed by atoms with Gasteiger partial charge in [-0.3, -0.25) is 14.4 Å². The maximum Gasteiger partial charge on any atom is 0.306 e. The van der Waals surface area contributed by atoms with Crippen molar-refractivity contribution in [3.63, 3.8) is 0 Å². The van der Waals surface area contributed by atoms with Crippen molar-refractivity contribution < 1.29 is 28.6 Å². The molecule has 6 nitrogen and oxygen atoms in total. The zero-order valence-electron chi connectivity index (χ0n) is 51.9. The van der Waals surface area contributed by atoms with Gasteiger partial charge in [0.25, 0.3) is 0 Å². The van der Waals surface area contributed by atoms with Crippen molar-refractivity contribution in [1.82, 2.24) is 0 Å². The molecule has 79 heavy (non-hydrogen) atoms. The van der Waals surface area contributed by atoms with Crippen LogP contribution in [0.1, 0.15) is 316 Å². The lowest BCUT2D eigenvalue weighted by Crippen LogP contribution is -2.30. The predicted octanol–water partition coefficient (Wildman–Crippen LogP) is 23.0. The Morgan fingerprint density at radius 2 is 0.494 bits per heavy atom. The van der Waals surface area contributed by atoms with E-state index in [4.69, 9.17) is 14.2 Å². The monoisotopic (exact) mass is 1100 g/mol. The van der Waals surface area contributed by atoms with Crippen LogP contribution in [0.15, 0.2) is 109 Å². The first-order valence-corrected chi connectivity index (χ1v) is 33.4. The SMILES string of the molecule is CC/C=C\C/C=C\C/C=C\C/C=C\C/C=C\CCCCCCCC(=O)OC(COC(=O)CCCCCCC/C=C\C/C=C\C/C=C\CC)COC(=O)CCCCCCCCCCCCCCC/C=C\CCCCCCCCCC. The van der Waals surface area contributed by atoms with Crippen LogP contribution in [-0.4, -0.2) is 37.2 Å². The Balaban J connectivity index is 4.37. The number of ether oxygens (including phenoxy) is 3. The number of unbranched alkanes of at least 4 members (excludes halogenated alkanes) is 31. The van der Waals surface area contributed by atoms with Gasteiger partial charge in [0.1, 0.15) is 13.2 Å². The van der Waals surface area contributed by atoms with Crippen LogP contribution in [0.4, 0.5) is 0 Å². The van der Waals surface area contributed by atoms with E-state index in [1.165, 1.54) is 128 Å². The van der Waals surface area contributed by atoms with Crippen LogP contribution < -0.4 is 0 Å². The number of hydrogen-bond donors (Lipinski definition) is 0. The summed E-state index contributed by atoms with van der Waals surface area (Å²) in [6.45, 7) is 6.41. The molecule has 0 rings (SSSR count). The summed E-state index contributed by atoms with van der Waals surface area (Å²) in [5.41, 5.74) is 0. The van der Waals surface area contributed by atoms with Crippen molar-refractivity contribution >= 4 is 17.9 Å². The second kappa shape index (κ2) is 66.6. The highest BCUT2D eigenvalue weighted by Gasteiger charge is 2.19. The van der Waals surface area contributed by atoms with Crippen LogP contribution in [0.2, 0.25) is 0 Å². The van der Waals surface area contributed by atoms with Crippen LogP contribution in [0.25, 0.3) is 0 Å². The molecule has 0 spiro atoms. The lowest BCUT2D eigenvalue weighted by molar-refractivity contribution is -0.167. The maximum atomic E-state index is 12.9. The lowest BCUT2D eigenvalue weighted by Gasteiger charge is -2.18. The molecule has 0 aromatic rings. The molecule has 0 heterocycles. The fraction of sp³-hybridized carbons (Fsp3) is 0.712. The molecule has 0 bridgehead atoms. The van der Waals surface area contributed by atoms with Gasteiger partial charge in [-0.2, -0.15) is 0 Å². The second-order valence-electron chi connectivity index (χ2n) is 22.0. The predicted molar refractivity (Wildman–Crippen MR) is 343 cm³/mol. The molecule has 0 aliphatic carbocycles. The molecule has 0 aromatic heterocycles. The van der Waals surface area contributed by atoms with Gasteiger partial charge in [-0.25, -0.2) is 0 Å². The standard InChI is InChI=1S/C73H124O6/c1-4-7-10-13-16-19-22-25-28-30-32-34-35-36-37-39-40-42-45-48-51-54-57-60-63-66-72(75)78-69-70(68-77-71(74)65-62-59-56-53-50-47-44-27-24-21-18-15-12-9-6-3)79-73(76)67-64-61-58-55-52-49-46-43-41-38-33-31-29-26-23-20-17-14-11-8-5-2/h8-9,11-12,17-18,20-21,26-27,29-30,32-33,38,43-44,46,70H,4-7,10,13-16,19,22-25,28,31,34-37,39-42,45,47-69H2,1-3H3/b11-8-,12-9-,20-17-,21-18-,29-26-,32-30-,38-33-,44-27-,46-43-. The van der Waals surface area contributed by atoms with E-state index in [2.05, 4.69) is 130 Å². The van der Waals surface area contributed by atoms with E-state index in [0.29, 0.717) is 19.3 Å². The second-order valence-corrected chi connectivity index (χ2v) is 22.0. The molecule has 0 fully saturated rings. The van der Waals surface area contributed by atoms with Gasteiger partial charge in [-0.1, -0.05) is 284 Å². The summed E-state index contributed by atoms with van der Waals surface area (Å²) >= 11 is 0. The zero-order chi connectivity index (χ0) is 57.1. The molecule has 1 atom stereocenters. The third kappa shape index (κ3) is 64.8. The number of carbonyl (C=O) groups excluding carboxylic acids is 3. The van der Waals surface area contributed by atoms with Gasteiger partial charge in [0, 0.05) is 19.3 Å². The van der Waals surface area contributed by atoms with Gasteiger partial charge in [-0.05, 0) is 122 Å². The van der Waals surface area contributed by atoms with Crippen LogP contribution in [0.3, 0.4) is 0 Å². The Morgan fingerprint density at radius 1 is 0.266 bits per heavy atom. The van der Waals surface area contributed by atoms with Crippen molar-refractivity contribution in [2.75, 3.05) is 13.2 Å². The van der Waals surface area contributed by atoms with Crippen molar-refractivity contribution in [2.24, 2.45) is 0 Å². The fourth-order valence-electron chi connectivity index (χ4n) is 9.30. The summed E-state index contributed by atoms with van der Waals surface area (Å²) < 4.78 is 16.9. The topological polar surface area (TPSA) is 78.9 Å². The van der Waals surface area contributed by atoms with Crippen molar-refractivity contribution in [3.05, 3.63) is 109 Å². The molecule has 1 unspecified atom stereocenters. The number of esters is 3. The average molecular weight is 1100 g/mol. The Bertz CT molecular complexity index is 1590. The summed E-state index contributed by atoms with van der Waals surface area (Å²) in [6, 6.07) is 0. The summed E-state index contributed by atoms with van der Waals surface area (Å²) in [6.07, 6.45) is 91.0. The fourth-order valence-corrected chi connectivity index (χ4v) is 9.30. The highest BCUT2D eigenvalue weighted by atomic mass is 16.6. The zero-order valence-corrected chi connectivity index (χ0v) is 51.9. The van der Waals surface area contributed by atoms with E-state index in [0.717, 1.165) is 148 Å². The van der Waals surface area contributed by atoms with E-state index in [1.807, 2.05) is 0 Å². The number of hydrogen-bond acceptors (Lipinski definition) is 6. The average Bonchev–Trinajstić information content (AvgIpc) is 3.45. The minimum absolute atomic E-state index is 0.0918. The van der Waals surface area contributed by atoms with E-state index in [-0.39, 0.29) is 31.1 Å². The highest BCUT2D eigenvalue weighted by Crippen LogP contribution is 2.16. The molecule has 0 aromatic carbocycles. The van der Waals surface area contributed by atoms with Crippen molar-refractivity contribution in [2.45, 2.75) is 322 Å². The molecule has 0 saturated carbocycles. The van der Waals surface area contributed by atoms with Crippen LogP contribution >= 0.6 is 0 Å². The van der Waals surface area contributed by atoms with Crippen molar-refractivity contribution in [1.29, 1.82) is 0 Å². The minimum Gasteiger partial charge on any atom is -0.462 e. The largest absolute Gasteiger partial charge is 0.462 e. The summed E-state index contributed by atoms with van der Waals surface area (Å²) in [4.78, 5) is 38.4. The van der Waals surface area contributed by atoms with Gasteiger partial charge in [0.05, 0.1) is 0 Å². The normalized spacial score (nSPS) is 12.8. The number of rotatable bonds is 60. The summed E-state index contributed by atoms with van der Waals surface area (Å²) in [7, 11) is 0. The summed E-state index contributed by atoms with van der Waals surface area (Å²) in [5.74, 6) is -0.919. The van der Waals surface area contributed by atoms with Gasteiger partial charge < -0.3 is 14.2 Å². The highest BCUT2D eigenvalue weighted by molar-refractivity contribution is 5.71. The van der Waals surface area contributed by atoms with Gasteiger partial charge in [-0.15, -0.1) is 0 Å². The molecular weight excluding hydrogens is 973 g/mol. The van der Waals surface area contributed by atoms with E-state index in [9.17, 15) is 14.4 Å². The van der Waals surface area contributed by atoms with E-state index in [1.54, 1.807) is 0 Å². The molecule has 0 aliphatic rings. The van der Waals surface area contributed by atoms with E-state index >= 15 is 0 Å². The Hall–Kier alpha value is -3.93. The van der Waals surface area contributed by atoms with E-state index < -0.39 is 6.10 Å². The van der Waals surface area contributed by atoms with Gasteiger partial charge in [0.2, 0.25) is 0 Å². The molecule has 0 amide bonds. The maximum absolute atomic E-state index is 12.9. The molecule has 0 aliphatic heterocycles. The Labute approximate surface area is 489 Å². The third-order valence-electron chi connectivity index (χ3n) is 14.2. The third-order valence-corrected chi connectivity index (χ3v) is 14.2. The molecule has 0 radical (unpaired) electrons. The van der Waals surface area contributed by atoms with Crippen LogP contribution in [-0.2, 0) is 28.6 Å². The van der Waals surface area contributed by atoms with Gasteiger partial charge >= 0.3 is 17.9 Å². The molecule has 0 N–H and O–H groups in total. The molecule has 0 saturated heterocycles. The first kappa shape index (κ1) is 75.1. The van der Waals surface area contributed by atoms with Crippen molar-refractivity contribution in [3.8, 4) is 0 Å². The Morgan fingerprint density at radius 3 is 0.785 bits per heavy atom. The molecule has 6 heteroatoms. The number of allylic oxidation sites excluding steroid dienone is 18. The van der Waals surface area contributed by atoms with Crippen LogP contribution in [0.5, 0.6) is 0 Å². The first-order chi connectivity index (χ1) is 39.0. The summed E-state index contributed by atoms with van der Waals surface area (Å²) in [5, 5.41) is 0. The quantitative estimate of drug-likeness (QED) is 0.0261. The lowest BCUT2D eigenvalue weighted by atomic mass is 10.0.